The molecule has 0 aliphatic carbocycles. The fraction of sp³-hybridized carbons (Fsp3) is 0.381. The molecule has 0 radical (unpaired) electrons. The van der Waals surface area contributed by atoms with E-state index in [1.165, 1.54) is 0 Å². The van der Waals surface area contributed by atoms with E-state index in [0.29, 0.717) is 24.1 Å². The molecule has 2 aromatic heterocycles. The van der Waals surface area contributed by atoms with Crippen LogP contribution in [0.5, 0.6) is 5.75 Å². The fourth-order valence-electron chi connectivity index (χ4n) is 3.47. The number of nitrogen functional groups attached to an aromatic ring is 1. The van der Waals surface area contributed by atoms with Gasteiger partial charge < -0.3 is 24.5 Å². The Morgan fingerprint density at radius 3 is 2.76 bits per heavy atom. The second-order valence-corrected chi connectivity index (χ2v) is 7.04. The van der Waals surface area contributed by atoms with Crippen LogP contribution in [0.15, 0.2) is 47.0 Å². The highest BCUT2D eigenvalue weighted by molar-refractivity contribution is 5.50. The molecule has 0 atom stereocenters. The van der Waals surface area contributed by atoms with Crippen LogP contribution in [-0.4, -0.2) is 35.4 Å². The zero-order valence-electron chi connectivity index (χ0n) is 16.5. The molecular weight excluding hydrogens is 370 g/mol. The van der Waals surface area contributed by atoms with Crippen LogP contribution in [0.3, 0.4) is 0 Å². The third-order valence-electron chi connectivity index (χ3n) is 5.13. The van der Waals surface area contributed by atoms with Crippen molar-refractivity contribution in [3.05, 3.63) is 59.9 Å². The number of benzene rings is 1. The number of methoxy groups -OCH3 is 1. The highest BCUT2D eigenvalue weighted by Gasteiger charge is 2.25. The molecule has 3 heterocycles. The Morgan fingerprint density at radius 2 is 2.00 bits per heavy atom. The zero-order chi connectivity index (χ0) is 20.1. The van der Waals surface area contributed by atoms with Crippen LogP contribution in [0.2, 0.25) is 0 Å². The molecular formula is C21H25N5O3. The average molecular weight is 395 g/mol. The molecule has 0 bridgehead atoms. The predicted molar refractivity (Wildman–Crippen MR) is 109 cm³/mol. The Morgan fingerprint density at radius 1 is 1.14 bits per heavy atom. The Labute approximate surface area is 169 Å². The van der Waals surface area contributed by atoms with Gasteiger partial charge in [-0.3, -0.25) is 0 Å². The van der Waals surface area contributed by atoms with Crippen molar-refractivity contribution in [2.75, 3.05) is 30.8 Å². The second-order valence-electron chi connectivity index (χ2n) is 7.04. The van der Waals surface area contributed by atoms with Crippen LogP contribution in [0.25, 0.3) is 0 Å². The van der Waals surface area contributed by atoms with E-state index in [-0.39, 0.29) is 12.5 Å². The SMILES string of the molecule is COc1ccc(N)c(COCc2nnc(C3CCN(c4ccccn4)CC3)o2)c1. The summed E-state index contributed by atoms with van der Waals surface area (Å²) >= 11 is 0. The molecule has 1 aliphatic rings. The first-order valence-corrected chi connectivity index (χ1v) is 9.71. The van der Waals surface area contributed by atoms with Crippen molar-refractivity contribution in [3.63, 3.8) is 0 Å². The van der Waals surface area contributed by atoms with Crippen LogP contribution < -0.4 is 15.4 Å². The van der Waals surface area contributed by atoms with Crippen LogP contribution >= 0.6 is 0 Å². The summed E-state index contributed by atoms with van der Waals surface area (Å²) in [6, 6.07) is 11.5. The van der Waals surface area contributed by atoms with E-state index < -0.39 is 0 Å². The molecule has 0 spiro atoms. The Balaban J connectivity index is 1.28. The summed E-state index contributed by atoms with van der Waals surface area (Å²) in [5.41, 5.74) is 7.51. The lowest BCUT2D eigenvalue weighted by atomic mass is 9.97. The number of aromatic nitrogens is 3. The third kappa shape index (κ3) is 4.65. The lowest BCUT2D eigenvalue weighted by Gasteiger charge is -2.31. The van der Waals surface area contributed by atoms with E-state index in [1.54, 1.807) is 13.2 Å². The van der Waals surface area contributed by atoms with Gasteiger partial charge in [-0.15, -0.1) is 10.2 Å². The van der Waals surface area contributed by atoms with E-state index in [4.69, 9.17) is 19.6 Å². The van der Waals surface area contributed by atoms with Crippen LogP contribution in [0.1, 0.15) is 36.1 Å². The van der Waals surface area contributed by atoms with Gasteiger partial charge in [0.15, 0.2) is 0 Å². The van der Waals surface area contributed by atoms with Crippen molar-refractivity contribution in [3.8, 4) is 5.75 Å². The van der Waals surface area contributed by atoms with Crippen LogP contribution in [0.4, 0.5) is 11.5 Å². The maximum absolute atomic E-state index is 5.98. The molecule has 1 aromatic carbocycles. The smallest absolute Gasteiger partial charge is 0.242 e. The minimum absolute atomic E-state index is 0.246. The summed E-state index contributed by atoms with van der Waals surface area (Å²) in [6.07, 6.45) is 3.74. The maximum Gasteiger partial charge on any atom is 0.242 e. The van der Waals surface area contributed by atoms with Gasteiger partial charge in [0.1, 0.15) is 18.2 Å². The largest absolute Gasteiger partial charge is 0.497 e. The number of ether oxygens (including phenoxy) is 2. The molecule has 152 valence electrons. The number of piperidine rings is 1. The summed E-state index contributed by atoms with van der Waals surface area (Å²) in [5.74, 6) is 3.20. The summed E-state index contributed by atoms with van der Waals surface area (Å²) in [5, 5.41) is 8.37. The van der Waals surface area contributed by atoms with Gasteiger partial charge >= 0.3 is 0 Å². The maximum atomic E-state index is 5.98. The number of hydrogen-bond donors (Lipinski definition) is 1. The van der Waals surface area contributed by atoms with E-state index in [2.05, 4.69) is 20.1 Å². The normalized spacial score (nSPS) is 14.9. The lowest BCUT2D eigenvalue weighted by molar-refractivity contribution is 0.0884. The van der Waals surface area contributed by atoms with Gasteiger partial charge in [0, 0.05) is 36.5 Å². The molecule has 3 aromatic rings. The van der Waals surface area contributed by atoms with Crippen LogP contribution in [-0.2, 0) is 18.0 Å². The Hall–Kier alpha value is -3.13. The molecule has 29 heavy (non-hydrogen) atoms. The van der Waals surface area contributed by atoms with Gasteiger partial charge in [-0.1, -0.05) is 6.07 Å². The topological polar surface area (TPSA) is 99.5 Å². The van der Waals surface area contributed by atoms with Gasteiger partial charge in [0.2, 0.25) is 11.8 Å². The first-order chi connectivity index (χ1) is 14.2. The van der Waals surface area contributed by atoms with Crippen LogP contribution in [0, 0.1) is 0 Å². The van der Waals surface area contributed by atoms with Gasteiger partial charge in [0.05, 0.1) is 13.7 Å². The van der Waals surface area contributed by atoms with Crippen molar-refractivity contribution in [2.24, 2.45) is 0 Å². The molecule has 1 aliphatic heterocycles. The third-order valence-corrected chi connectivity index (χ3v) is 5.13. The number of hydrogen-bond acceptors (Lipinski definition) is 8. The highest BCUT2D eigenvalue weighted by atomic mass is 16.5. The summed E-state index contributed by atoms with van der Waals surface area (Å²) < 4.78 is 16.8. The molecule has 8 nitrogen and oxygen atoms in total. The van der Waals surface area contributed by atoms with Crippen molar-refractivity contribution in [1.82, 2.24) is 15.2 Å². The number of nitrogens with zero attached hydrogens (tertiary/aromatic N) is 4. The molecule has 4 rings (SSSR count). The Kier molecular flexibility index (Phi) is 5.90. The van der Waals surface area contributed by atoms with E-state index in [1.807, 2.05) is 36.5 Å². The molecule has 1 saturated heterocycles. The van der Waals surface area contributed by atoms with E-state index >= 15 is 0 Å². The molecule has 8 heteroatoms. The van der Waals surface area contributed by atoms with E-state index in [0.717, 1.165) is 43.1 Å². The van der Waals surface area contributed by atoms with Gasteiger partial charge in [-0.05, 0) is 43.2 Å². The summed E-state index contributed by atoms with van der Waals surface area (Å²) in [4.78, 5) is 6.71. The Bertz CT molecular complexity index is 923. The predicted octanol–water partition coefficient (Wildman–Crippen LogP) is 3.16. The molecule has 0 unspecified atom stereocenters. The minimum atomic E-state index is 0.246. The second kappa shape index (κ2) is 8.91. The number of pyridine rings is 1. The van der Waals surface area contributed by atoms with Gasteiger partial charge in [-0.2, -0.15) is 0 Å². The van der Waals surface area contributed by atoms with Gasteiger partial charge in [-0.25, -0.2) is 4.98 Å². The van der Waals surface area contributed by atoms with Crippen molar-refractivity contribution >= 4 is 11.5 Å². The molecule has 2 N–H and O–H groups in total. The van der Waals surface area contributed by atoms with E-state index in [9.17, 15) is 0 Å². The number of nitrogens with two attached hydrogens (primary N) is 1. The van der Waals surface area contributed by atoms with Gasteiger partial charge in [0.25, 0.3) is 0 Å². The molecule has 0 amide bonds. The summed E-state index contributed by atoms with van der Waals surface area (Å²) in [7, 11) is 1.62. The number of rotatable bonds is 7. The van der Waals surface area contributed by atoms with Crippen molar-refractivity contribution in [2.45, 2.75) is 32.0 Å². The average Bonchev–Trinajstić information content (AvgIpc) is 3.25. The summed E-state index contributed by atoms with van der Waals surface area (Å²) in [6.45, 7) is 2.44. The first kappa shape index (κ1) is 19.2. The first-order valence-electron chi connectivity index (χ1n) is 9.71. The zero-order valence-corrected chi connectivity index (χ0v) is 16.5. The highest BCUT2D eigenvalue weighted by Crippen LogP contribution is 2.29. The monoisotopic (exact) mass is 395 g/mol. The van der Waals surface area contributed by atoms with Crippen molar-refractivity contribution < 1.29 is 13.9 Å². The standard InChI is InChI=1S/C21H25N5O3/c1-27-17-5-6-18(22)16(12-17)13-28-14-20-24-25-21(29-20)15-7-10-26(11-8-15)19-4-2-3-9-23-19/h2-6,9,12,15H,7-8,10-11,13-14,22H2,1H3. The van der Waals surface area contributed by atoms with Crippen molar-refractivity contribution in [1.29, 1.82) is 0 Å². The minimum Gasteiger partial charge on any atom is -0.497 e. The quantitative estimate of drug-likeness (QED) is 0.609. The fourth-order valence-corrected chi connectivity index (χ4v) is 3.47. The molecule has 0 saturated carbocycles. The lowest BCUT2D eigenvalue weighted by Crippen LogP contribution is -2.33. The molecule has 1 fully saturated rings. The number of anilines is 2.